The Morgan fingerprint density at radius 1 is 1.06 bits per heavy atom. The lowest BCUT2D eigenvalue weighted by Gasteiger charge is -2.31. The van der Waals surface area contributed by atoms with Gasteiger partial charge >= 0.3 is 7.60 Å². The van der Waals surface area contributed by atoms with Gasteiger partial charge in [-0.15, -0.1) is 0 Å². The molecule has 0 fully saturated rings. The van der Waals surface area contributed by atoms with E-state index in [0.29, 0.717) is 64.9 Å². The van der Waals surface area contributed by atoms with Crippen LogP contribution in [0.1, 0.15) is 51.2 Å². The standard InChI is InChI=1S/C42H57N4O6P/c1-4-12-34(22-25-43-24-11-30-53(49,51-5-2)52-6-3)18-19-35-20-21-40-37(31-35)15-10-28-46(40)29-23-42(48)45-27-26-44-32-38(47)33-50-41-17-9-14-36-13-7-8-16-39(36)41/h4,7-9,12-14,16-22,25,31,38,44,47H,5-6,10-11,15,23-24,26-30,32-33H2,1-3H3,(H,45,48)/b12-4-,19-18?,34-22+,43-25?. The quantitative estimate of drug-likeness (QED) is 0.0399. The number of hydrogen-bond donors (Lipinski definition) is 3. The fourth-order valence-electron chi connectivity index (χ4n) is 6.16. The summed E-state index contributed by atoms with van der Waals surface area (Å²) in [5.41, 5.74) is 4.63. The number of ether oxygens (including phenoxy) is 1. The molecule has 11 heteroatoms. The number of aliphatic hydroxyl groups excluding tert-OH is 1. The summed E-state index contributed by atoms with van der Waals surface area (Å²) in [4.78, 5) is 19.4. The van der Waals surface area contributed by atoms with Crippen molar-refractivity contribution in [2.45, 2.75) is 52.6 Å². The van der Waals surface area contributed by atoms with Crippen LogP contribution in [0.25, 0.3) is 16.8 Å². The number of aliphatic imine (C=N–C) groups is 1. The molecule has 286 valence electrons. The first kappa shape index (κ1) is 41.7. The van der Waals surface area contributed by atoms with Gasteiger partial charge in [-0.1, -0.05) is 66.8 Å². The summed E-state index contributed by atoms with van der Waals surface area (Å²) < 4.78 is 29.2. The number of benzene rings is 3. The van der Waals surface area contributed by atoms with Gasteiger partial charge in [0.2, 0.25) is 5.91 Å². The lowest BCUT2D eigenvalue weighted by Crippen LogP contribution is -2.38. The highest BCUT2D eigenvalue weighted by molar-refractivity contribution is 7.53. The summed E-state index contributed by atoms with van der Waals surface area (Å²) in [5, 5.41) is 18.7. The lowest BCUT2D eigenvalue weighted by molar-refractivity contribution is -0.120. The summed E-state index contributed by atoms with van der Waals surface area (Å²) in [6, 6.07) is 20.4. The Balaban J connectivity index is 1.16. The van der Waals surface area contributed by atoms with E-state index in [9.17, 15) is 14.5 Å². The largest absolute Gasteiger partial charge is 0.490 e. The molecule has 1 amide bonds. The molecule has 1 heterocycles. The zero-order valence-corrected chi connectivity index (χ0v) is 32.4. The fourth-order valence-corrected chi connectivity index (χ4v) is 7.81. The van der Waals surface area contributed by atoms with E-state index >= 15 is 0 Å². The van der Waals surface area contributed by atoms with Gasteiger partial charge in [0.1, 0.15) is 18.5 Å². The normalized spacial score (nSPS) is 14.4. The number of rotatable bonds is 23. The molecule has 0 saturated heterocycles. The summed E-state index contributed by atoms with van der Waals surface area (Å²) in [5.74, 6) is 0.772. The molecule has 4 rings (SSSR count). The van der Waals surface area contributed by atoms with Crippen molar-refractivity contribution in [1.82, 2.24) is 10.6 Å². The third-order valence-electron chi connectivity index (χ3n) is 8.68. The van der Waals surface area contributed by atoms with Crippen LogP contribution in [0.15, 0.2) is 95.5 Å². The van der Waals surface area contributed by atoms with E-state index in [1.807, 2.05) is 81.5 Å². The second-order valence-corrected chi connectivity index (χ2v) is 15.0. The molecule has 1 aliphatic heterocycles. The van der Waals surface area contributed by atoms with E-state index in [1.165, 1.54) is 11.3 Å². The first-order chi connectivity index (χ1) is 25.8. The highest BCUT2D eigenvalue weighted by Gasteiger charge is 2.22. The number of nitrogens with one attached hydrogen (secondary N) is 2. The number of hydrogen-bond acceptors (Lipinski definition) is 9. The van der Waals surface area contributed by atoms with Crippen LogP contribution in [0.2, 0.25) is 0 Å². The first-order valence-corrected chi connectivity index (χ1v) is 20.6. The maximum Gasteiger partial charge on any atom is 0.330 e. The van der Waals surface area contributed by atoms with Crippen molar-refractivity contribution in [3.05, 3.63) is 102 Å². The van der Waals surface area contributed by atoms with Gasteiger partial charge in [0.25, 0.3) is 0 Å². The zero-order chi connectivity index (χ0) is 37.7. The summed E-state index contributed by atoms with van der Waals surface area (Å²) in [7, 11) is -3.03. The zero-order valence-electron chi connectivity index (χ0n) is 31.5. The number of carbonyl (C=O) groups excluding carboxylic acids is 1. The number of aryl methyl sites for hydroxylation is 1. The smallest absolute Gasteiger partial charge is 0.330 e. The monoisotopic (exact) mass is 744 g/mol. The third-order valence-corrected chi connectivity index (χ3v) is 10.8. The number of fused-ring (bicyclic) bond motifs is 2. The average molecular weight is 745 g/mol. The molecule has 3 aromatic rings. The van der Waals surface area contributed by atoms with Gasteiger partial charge in [-0.05, 0) is 86.4 Å². The molecular formula is C42H57N4O6P. The number of anilines is 1. The molecule has 53 heavy (non-hydrogen) atoms. The minimum Gasteiger partial charge on any atom is -0.490 e. The van der Waals surface area contributed by atoms with E-state index in [0.717, 1.165) is 47.0 Å². The molecule has 1 aliphatic rings. The molecular weight excluding hydrogens is 687 g/mol. The first-order valence-electron chi connectivity index (χ1n) is 18.9. The minimum atomic E-state index is -3.03. The maximum absolute atomic E-state index is 12.6. The van der Waals surface area contributed by atoms with Crippen molar-refractivity contribution in [3.63, 3.8) is 0 Å². The van der Waals surface area contributed by atoms with Gasteiger partial charge in [0.05, 0.1) is 19.4 Å². The van der Waals surface area contributed by atoms with Crippen LogP contribution in [0.5, 0.6) is 5.75 Å². The molecule has 0 saturated carbocycles. The Morgan fingerprint density at radius 2 is 1.87 bits per heavy atom. The van der Waals surface area contributed by atoms with Gasteiger partial charge < -0.3 is 34.4 Å². The lowest BCUT2D eigenvalue weighted by atomic mass is 9.98. The van der Waals surface area contributed by atoms with Crippen LogP contribution in [-0.2, 0) is 24.8 Å². The van der Waals surface area contributed by atoms with Crippen LogP contribution in [0, 0.1) is 0 Å². The fraction of sp³-hybridized carbons (Fsp3) is 0.429. The van der Waals surface area contributed by atoms with E-state index < -0.39 is 13.7 Å². The molecule has 0 bridgehead atoms. The Kier molecular flexibility index (Phi) is 18.0. The van der Waals surface area contributed by atoms with Crippen molar-refractivity contribution in [3.8, 4) is 5.75 Å². The maximum atomic E-state index is 12.6. The third kappa shape index (κ3) is 14.4. The van der Waals surface area contributed by atoms with E-state index in [1.54, 1.807) is 6.21 Å². The highest BCUT2D eigenvalue weighted by atomic mass is 31.2. The van der Waals surface area contributed by atoms with Crippen LogP contribution >= 0.6 is 7.60 Å². The van der Waals surface area contributed by atoms with Crippen LogP contribution in [-0.4, -0.2) is 88.6 Å². The second-order valence-electron chi connectivity index (χ2n) is 12.8. The minimum absolute atomic E-state index is 0.0150. The Morgan fingerprint density at radius 3 is 2.68 bits per heavy atom. The molecule has 10 nitrogen and oxygen atoms in total. The average Bonchev–Trinajstić information content (AvgIpc) is 3.16. The van der Waals surface area contributed by atoms with E-state index in [2.05, 4.69) is 50.9 Å². The predicted octanol–water partition coefficient (Wildman–Crippen LogP) is 7.37. The molecule has 3 aromatic carbocycles. The Hall–Kier alpha value is -4.05. The van der Waals surface area contributed by atoms with Crippen molar-refractivity contribution in [2.24, 2.45) is 4.99 Å². The summed E-state index contributed by atoms with van der Waals surface area (Å²) in [6.07, 6.45) is 14.8. The molecule has 3 N–H and O–H groups in total. The van der Waals surface area contributed by atoms with Crippen molar-refractivity contribution in [1.29, 1.82) is 0 Å². The number of carbonyl (C=O) groups is 1. The molecule has 0 radical (unpaired) electrons. The number of aliphatic hydroxyl groups is 1. The van der Waals surface area contributed by atoms with Crippen LogP contribution < -0.4 is 20.3 Å². The van der Waals surface area contributed by atoms with Crippen molar-refractivity contribution < 1.29 is 28.3 Å². The molecule has 0 aromatic heterocycles. The number of nitrogens with zero attached hydrogens (tertiary/aromatic N) is 2. The van der Waals surface area contributed by atoms with Crippen molar-refractivity contribution in [2.75, 3.05) is 70.2 Å². The van der Waals surface area contributed by atoms with Gasteiger partial charge in [0.15, 0.2) is 0 Å². The Labute approximate surface area is 315 Å². The highest BCUT2D eigenvalue weighted by Crippen LogP contribution is 2.48. The van der Waals surface area contributed by atoms with E-state index in [-0.39, 0.29) is 12.5 Å². The topological polar surface area (TPSA) is 122 Å². The summed E-state index contributed by atoms with van der Waals surface area (Å²) in [6.45, 7) is 10.1. The molecule has 1 atom stereocenters. The van der Waals surface area contributed by atoms with Gasteiger partial charge in [-0.25, -0.2) is 0 Å². The Bertz CT molecular complexity index is 1740. The van der Waals surface area contributed by atoms with Crippen LogP contribution in [0.3, 0.4) is 0 Å². The molecule has 0 spiro atoms. The van der Waals surface area contributed by atoms with Gasteiger partial charge in [0, 0.05) is 63.0 Å². The predicted molar refractivity (Wildman–Crippen MR) is 219 cm³/mol. The number of amides is 1. The molecule has 1 unspecified atom stereocenters. The van der Waals surface area contributed by atoms with Gasteiger partial charge in [-0.3, -0.25) is 14.4 Å². The molecule has 0 aliphatic carbocycles. The van der Waals surface area contributed by atoms with Crippen LogP contribution in [0.4, 0.5) is 5.69 Å². The SMILES string of the molecule is C/C=C\C(C=Cc1ccc2c(c1)CCCN2CCC(=O)NCCNCC(O)COc1cccc2ccccc12)=C/C=NCCCP(=O)(OCC)OCC. The van der Waals surface area contributed by atoms with Crippen molar-refractivity contribution >= 4 is 42.3 Å². The van der Waals surface area contributed by atoms with E-state index in [4.69, 9.17) is 13.8 Å². The summed E-state index contributed by atoms with van der Waals surface area (Å²) >= 11 is 0. The number of allylic oxidation sites excluding steroid dienone is 5. The second kappa shape index (κ2) is 22.9. The van der Waals surface area contributed by atoms with Gasteiger partial charge in [-0.2, -0.15) is 0 Å².